The van der Waals surface area contributed by atoms with Gasteiger partial charge >= 0.3 is 0 Å². The van der Waals surface area contributed by atoms with Crippen LogP contribution in [0, 0.1) is 20.2 Å². The van der Waals surface area contributed by atoms with Crippen LogP contribution in [0.15, 0.2) is 48.5 Å². The SMILES string of the molecule is CCN(C(=S)NC(=O)c1cc([N+](=O)[O-])cc([N+](=O)[O-])c1)c1ccccc1. The Bertz CT molecular complexity index is 840. The molecule has 0 spiro atoms. The standard InChI is InChI=1S/C16H14N4O5S/c1-2-18(12-6-4-3-5-7-12)16(26)17-15(21)11-8-13(19(22)23)10-14(9-11)20(24)25/h3-10H,2H2,1H3,(H,17,21,26). The predicted octanol–water partition coefficient (Wildman–Crippen LogP) is 3.04. The summed E-state index contributed by atoms with van der Waals surface area (Å²) in [4.78, 5) is 34.3. The van der Waals surface area contributed by atoms with Gasteiger partial charge in [-0.25, -0.2) is 0 Å². The van der Waals surface area contributed by atoms with E-state index in [2.05, 4.69) is 5.32 Å². The molecule has 2 aromatic rings. The smallest absolute Gasteiger partial charge is 0.277 e. The molecule has 0 atom stereocenters. The first-order chi connectivity index (χ1) is 12.3. The molecule has 0 aliphatic rings. The zero-order valence-corrected chi connectivity index (χ0v) is 14.4. The first-order valence-electron chi connectivity index (χ1n) is 7.45. The molecule has 9 nitrogen and oxygen atoms in total. The zero-order valence-electron chi connectivity index (χ0n) is 13.6. The average Bonchev–Trinajstić information content (AvgIpc) is 2.62. The Morgan fingerprint density at radius 3 is 2.08 bits per heavy atom. The van der Waals surface area contributed by atoms with Gasteiger partial charge in [0.15, 0.2) is 5.11 Å². The van der Waals surface area contributed by atoms with Crippen LogP contribution in [0.1, 0.15) is 17.3 Å². The van der Waals surface area contributed by atoms with Crippen LogP contribution in [0.2, 0.25) is 0 Å². The molecule has 0 aliphatic heterocycles. The Labute approximate surface area is 153 Å². The van der Waals surface area contributed by atoms with E-state index in [1.165, 1.54) is 0 Å². The van der Waals surface area contributed by atoms with E-state index in [1.807, 2.05) is 25.1 Å². The van der Waals surface area contributed by atoms with E-state index in [1.54, 1.807) is 17.0 Å². The second-order valence-corrected chi connectivity index (χ2v) is 5.48. The van der Waals surface area contributed by atoms with Crippen molar-refractivity contribution in [2.75, 3.05) is 11.4 Å². The Morgan fingerprint density at radius 2 is 1.62 bits per heavy atom. The molecule has 1 amide bonds. The minimum Gasteiger partial charge on any atom is -0.319 e. The Hall–Kier alpha value is -3.40. The number of non-ortho nitro benzene ring substituents is 2. The third-order valence-electron chi connectivity index (χ3n) is 3.44. The van der Waals surface area contributed by atoms with Gasteiger partial charge in [-0.3, -0.25) is 30.3 Å². The number of hydrogen-bond acceptors (Lipinski definition) is 6. The maximum Gasteiger partial charge on any atom is 0.277 e. The van der Waals surface area contributed by atoms with Gasteiger partial charge in [-0.15, -0.1) is 0 Å². The van der Waals surface area contributed by atoms with Gasteiger partial charge in [0.1, 0.15) is 0 Å². The molecule has 26 heavy (non-hydrogen) atoms. The predicted molar refractivity (Wildman–Crippen MR) is 99.3 cm³/mol. The van der Waals surface area contributed by atoms with E-state index in [0.717, 1.165) is 23.9 Å². The number of nitrogens with zero attached hydrogens (tertiary/aromatic N) is 3. The minimum absolute atomic E-state index is 0.0814. The van der Waals surface area contributed by atoms with Crippen molar-refractivity contribution < 1.29 is 14.6 Å². The highest BCUT2D eigenvalue weighted by atomic mass is 32.1. The number of carbonyl (C=O) groups excluding carboxylic acids is 1. The summed E-state index contributed by atoms with van der Waals surface area (Å²) in [6.07, 6.45) is 0. The van der Waals surface area contributed by atoms with Crippen LogP contribution >= 0.6 is 12.2 Å². The number of benzene rings is 2. The normalized spacial score (nSPS) is 10.0. The summed E-state index contributed by atoms with van der Waals surface area (Å²) >= 11 is 5.23. The third-order valence-corrected chi connectivity index (χ3v) is 3.76. The van der Waals surface area contributed by atoms with Crippen molar-refractivity contribution in [1.29, 1.82) is 0 Å². The van der Waals surface area contributed by atoms with Crippen molar-refractivity contribution in [3.05, 3.63) is 74.3 Å². The highest BCUT2D eigenvalue weighted by molar-refractivity contribution is 7.80. The van der Waals surface area contributed by atoms with Crippen molar-refractivity contribution in [3.63, 3.8) is 0 Å². The Kier molecular flexibility index (Phi) is 5.91. The monoisotopic (exact) mass is 374 g/mol. The zero-order chi connectivity index (χ0) is 19.3. The van der Waals surface area contributed by atoms with Crippen LogP contribution in [0.5, 0.6) is 0 Å². The molecule has 0 fully saturated rings. The van der Waals surface area contributed by atoms with Crippen LogP contribution in [0.25, 0.3) is 0 Å². The fraction of sp³-hybridized carbons (Fsp3) is 0.125. The van der Waals surface area contributed by atoms with Gasteiger partial charge in [0.25, 0.3) is 17.3 Å². The van der Waals surface area contributed by atoms with Gasteiger partial charge in [-0.05, 0) is 31.3 Å². The van der Waals surface area contributed by atoms with Gasteiger partial charge in [-0.1, -0.05) is 18.2 Å². The largest absolute Gasteiger partial charge is 0.319 e. The fourth-order valence-corrected chi connectivity index (χ4v) is 2.55. The fourth-order valence-electron chi connectivity index (χ4n) is 2.23. The molecule has 0 saturated carbocycles. The molecule has 1 N–H and O–H groups in total. The van der Waals surface area contributed by atoms with Crippen LogP contribution in [0.3, 0.4) is 0 Å². The summed E-state index contributed by atoms with van der Waals surface area (Å²) in [5.41, 5.74) is -0.570. The first kappa shape index (κ1) is 18.9. The van der Waals surface area contributed by atoms with Gasteiger partial charge in [0, 0.05) is 24.4 Å². The molecular formula is C16H14N4O5S. The van der Waals surface area contributed by atoms with Gasteiger partial charge in [0.05, 0.1) is 21.5 Å². The second-order valence-electron chi connectivity index (χ2n) is 5.09. The molecule has 134 valence electrons. The maximum atomic E-state index is 12.4. The molecule has 0 heterocycles. The topological polar surface area (TPSA) is 119 Å². The quantitative estimate of drug-likeness (QED) is 0.485. The van der Waals surface area contributed by atoms with Crippen molar-refractivity contribution >= 4 is 40.3 Å². The van der Waals surface area contributed by atoms with Gasteiger partial charge in [-0.2, -0.15) is 0 Å². The van der Waals surface area contributed by atoms with E-state index in [-0.39, 0.29) is 10.7 Å². The summed E-state index contributed by atoms with van der Waals surface area (Å²) in [6, 6.07) is 11.8. The highest BCUT2D eigenvalue weighted by Gasteiger charge is 2.21. The molecule has 0 aromatic heterocycles. The van der Waals surface area contributed by atoms with Crippen molar-refractivity contribution in [2.45, 2.75) is 6.92 Å². The molecular weight excluding hydrogens is 360 g/mol. The molecule has 0 aliphatic carbocycles. The summed E-state index contributed by atoms with van der Waals surface area (Å²) in [6.45, 7) is 2.31. The van der Waals surface area contributed by atoms with Crippen LogP contribution < -0.4 is 10.2 Å². The lowest BCUT2D eigenvalue weighted by molar-refractivity contribution is -0.394. The number of rotatable bonds is 5. The second kappa shape index (κ2) is 8.12. The molecule has 0 unspecified atom stereocenters. The van der Waals surface area contributed by atoms with Gasteiger partial charge in [0.2, 0.25) is 0 Å². The minimum atomic E-state index is -0.801. The van der Waals surface area contributed by atoms with E-state index in [9.17, 15) is 25.0 Å². The van der Waals surface area contributed by atoms with E-state index < -0.39 is 27.1 Å². The number of amides is 1. The van der Waals surface area contributed by atoms with E-state index in [0.29, 0.717) is 6.54 Å². The third kappa shape index (κ3) is 4.36. The molecule has 0 saturated heterocycles. The number of thiocarbonyl (C=S) groups is 1. The Morgan fingerprint density at radius 1 is 1.08 bits per heavy atom. The number of nitrogens with one attached hydrogen (secondary N) is 1. The molecule has 0 radical (unpaired) electrons. The summed E-state index contributed by atoms with van der Waals surface area (Å²) in [7, 11) is 0. The molecule has 2 aromatic carbocycles. The number of nitro benzene ring substituents is 2. The van der Waals surface area contributed by atoms with E-state index >= 15 is 0 Å². The first-order valence-corrected chi connectivity index (χ1v) is 7.86. The lowest BCUT2D eigenvalue weighted by Crippen LogP contribution is -2.42. The van der Waals surface area contributed by atoms with Crippen molar-refractivity contribution in [2.24, 2.45) is 0 Å². The Balaban J connectivity index is 2.27. The molecule has 2 rings (SSSR count). The average molecular weight is 374 g/mol. The number of nitro groups is 2. The summed E-state index contributed by atoms with van der Waals surface area (Å²) < 4.78 is 0. The number of anilines is 1. The number of hydrogen-bond donors (Lipinski definition) is 1. The molecule has 0 bridgehead atoms. The summed E-state index contributed by atoms with van der Waals surface area (Å²) in [5.74, 6) is -0.767. The van der Waals surface area contributed by atoms with Crippen molar-refractivity contribution in [1.82, 2.24) is 5.32 Å². The van der Waals surface area contributed by atoms with Crippen LogP contribution in [-0.4, -0.2) is 27.4 Å². The highest BCUT2D eigenvalue weighted by Crippen LogP contribution is 2.23. The van der Waals surface area contributed by atoms with Crippen molar-refractivity contribution in [3.8, 4) is 0 Å². The van der Waals surface area contributed by atoms with E-state index in [4.69, 9.17) is 12.2 Å². The van der Waals surface area contributed by atoms with Crippen LogP contribution in [0.4, 0.5) is 17.1 Å². The number of para-hydroxylation sites is 1. The number of carbonyl (C=O) groups is 1. The lowest BCUT2D eigenvalue weighted by Gasteiger charge is -2.23. The summed E-state index contributed by atoms with van der Waals surface area (Å²) in [5, 5.41) is 24.4. The molecule has 10 heteroatoms. The van der Waals surface area contributed by atoms with Crippen LogP contribution in [-0.2, 0) is 0 Å². The maximum absolute atomic E-state index is 12.4. The van der Waals surface area contributed by atoms with Gasteiger partial charge < -0.3 is 4.90 Å². The lowest BCUT2D eigenvalue weighted by atomic mass is 10.1.